The van der Waals surface area contributed by atoms with Crippen LogP contribution in [0.2, 0.25) is 5.02 Å². The van der Waals surface area contributed by atoms with Crippen LogP contribution in [0.3, 0.4) is 0 Å². The van der Waals surface area contributed by atoms with Crippen LogP contribution in [0.15, 0.2) is 24.7 Å². The second-order valence-electron chi connectivity index (χ2n) is 8.36. The van der Waals surface area contributed by atoms with Gasteiger partial charge in [-0.1, -0.05) is 11.6 Å². The zero-order chi connectivity index (χ0) is 22.1. The van der Waals surface area contributed by atoms with E-state index >= 15 is 0 Å². The Morgan fingerprint density at radius 1 is 1.19 bits per heavy atom. The Balaban J connectivity index is 1.30. The third-order valence-corrected chi connectivity index (χ3v) is 6.27. The van der Waals surface area contributed by atoms with Crippen LogP contribution < -0.4 is 10.6 Å². The molecular weight excluding hydrogens is 435 g/mol. The quantitative estimate of drug-likeness (QED) is 0.536. The molecular formula is C22H24ClFN6O2. The van der Waals surface area contributed by atoms with Crippen molar-refractivity contribution in [2.45, 2.75) is 56.7 Å². The van der Waals surface area contributed by atoms with E-state index in [-0.39, 0.29) is 29.9 Å². The van der Waals surface area contributed by atoms with Crippen LogP contribution in [0.25, 0.3) is 22.4 Å². The number of aromatic nitrogens is 4. The molecule has 0 bridgehead atoms. The Bertz CT molecular complexity index is 1130. The highest BCUT2D eigenvalue weighted by atomic mass is 35.5. The van der Waals surface area contributed by atoms with E-state index in [4.69, 9.17) is 16.3 Å². The summed E-state index contributed by atoms with van der Waals surface area (Å²) < 4.78 is 20.0. The zero-order valence-corrected chi connectivity index (χ0v) is 18.2. The summed E-state index contributed by atoms with van der Waals surface area (Å²) in [7, 11) is 0. The number of pyridine rings is 1. The summed E-state index contributed by atoms with van der Waals surface area (Å²) in [6.45, 7) is 0.640. The van der Waals surface area contributed by atoms with E-state index in [1.165, 1.54) is 6.20 Å². The van der Waals surface area contributed by atoms with Gasteiger partial charge in [-0.05, 0) is 44.6 Å². The van der Waals surface area contributed by atoms with Gasteiger partial charge in [-0.15, -0.1) is 0 Å². The number of amides is 1. The molecule has 4 heterocycles. The topological polar surface area (TPSA) is 105 Å². The monoisotopic (exact) mass is 458 g/mol. The molecule has 3 aromatic heterocycles. The van der Waals surface area contributed by atoms with Crippen molar-refractivity contribution in [1.29, 1.82) is 0 Å². The van der Waals surface area contributed by atoms with Gasteiger partial charge in [-0.2, -0.15) is 0 Å². The molecule has 0 radical (unpaired) electrons. The fraction of sp³-hybridized carbons (Fsp3) is 0.455. The Kier molecular flexibility index (Phi) is 5.93. The molecule has 10 heteroatoms. The lowest BCUT2D eigenvalue weighted by Gasteiger charge is -2.31. The molecule has 0 aromatic carbocycles. The number of hydrogen-bond acceptors (Lipinski definition) is 6. The molecule has 168 valence electrons. The molecule has 3 atom stereocenters. The Morgan fingerprint density at radius 3 is 2.91 bits per heavy atom. The van der Waals surface area contributed by atoms with Crippen molar-refractivity contribution in [3.05, 3.63) is 35.5 Å². The van der Waals surface area contributed by atoms with Crippen LogP contribution >= 0.6 is 11.6 Å². The SMILES string of the molecule is O=C(N[C@@H]1CCC[C@H](Nc2nc(-c3c[nH]c4ncc(Cl)cc34)ncc2F)C1)C1CCCO1. The first kappa shape index (κ1) is 21.1. The maximum absolute atomic E-state index is 14.5. The van der Waals surface area contributed by atoms with E-state index in [9.17, 15) is 9.18 Å². The first-order valence-corrected chi connectivity index (χ1v) is 11.3. The van der Waals surface area contributed by atoms with Crippen molar-refractivity contribution in [3.8, 4) is 11.4 Å². The minimum Gasteiger partial charge on any atom is -0.368 e. The Hall–Kier alpha value is -2.78. The maximum atomic E-state index is 14.5. The molecule has 1 saturated carbocycles. The lowest BCUT2D eigenvalue weighted by atomic mass is 9.90. The molecule has 5 rings (SSSR count). The molecule has 3 aromatic rings. The average molecular weight is 459 g/mol. The molecule has 2 fully saturated rings. The molecule has 1 saturated heterocycles. The fourth-order valence-corrected chi connectivity index (χ4v) is 4.64. The highest BCUT2D eigenvalue weighted by Gasteiger charge is 2.29. The normalized spacial score (nSPS) is 23.4. The molecule has 2 aliphatic rings. The van der Waals surface area contributed by atoms with Crippen molar-refractivity contribution < 1.29 is 13.9 Å². The summed E-state index contributed by atoms with van der Waals surface area (Å²) in [4.78, 5) is 28.3. The minimum absolute atomic E-state index is 0.00474. The highest BCUT2D eigenvalue weighted by Crippen LogP contribution is 2.29. The number of halogens is 2. The molecule has 3 N–H and O–H groups in total. The molecule has 1 aliphatic carbocycles. The number of aromatic amines is 1. The Morgan fingerprint density at radius 2 is 2.06 bits per heavy atom. The van der Waals surface area contributed by atoms with E-state index in [0.717, 1.165) is 37.5 Å². The van der Waals surface area contributed by atoms with Crippen LogP contribution in [0.5, 0.6) is 0 Å². The molecule has 1 aliphatic heterocycles. The van der Waals surface area contributed by atoms with Crippen molar-refractivity contribution in [1.82, 2.24) is 25.3 Å². The summed E-state index contributed by atoms with van der Waals surface area (Å²) in [6.07, 6.45) is 9.21. The van der Waals surface area contributed by atoms with Crippen molar-refractivity contribution in [2.75, 3.05) is 11.9 Å². The molecule has 0 spiro atoms. The number of carbonyl (C=O) groups excluding carboxylic acids is 1. The van der Waals surface area contributed by atoms with Gasteiger partial charge in [-0.25, -0.2) is 19.3 Å². The third-order valence-electron chi connectivity index (χ3n) is 6.07. The third kappa shape index (κ3) is 4.40. The van der Waals surface area contributed by atoms with Gasteiger partial charge in [0.15, 0.2) is 17.5 Å². The number of fused-ring (bicyclic) bond motifs is 1. The van der Waals surface area contributed by atoms with Crippen LogP contribution in [0.1, 0.15) is 38.5 Å². The molecule has 32 heavy (non-hydrogen) atoms. The predicted octanol–water partition coefficient (Wildman–Crippen LogP) is 3.83. The van der Waals surface area contributed by atoms with Gasteiger partial charge in [0.2, 0.25) is 5.91 Å². The van der Waals surface area contributed by atoms with Crippen LogP contribution in [-0.2, 0) is 9.53 Å². The number of rotatable bonds is 5. The van der Waals surface area contributed by atoms with Crippen molar-refractivity contribution in [2.24, 2.45) is 0 Å². The standard InChI is InChI=1S/C22H24ClFN6O2/c23-12-7-15-16(10-26-19(15)25-9-12)20-27-11-17(24)21(30-20)28-13-3-1-4-14(8-13)29-22(31)18-5-2-6-32-18/h7,9-11,13-14,18H,1-6,8H2,(H,25,26)(H,29,31)(H,27,28,30)/t13-,14+,18?/m0/s1. The minimum atomic E-state index is -0.518. The number of anilines is 1. The summed E-state index contributed by atoms with van der Waals surface area (Å²) in [6, 6.07) is 1.80. The molecule has 8 nitrogen and oxygen atoms in total. The summed E-state index contributed by atoms with van der Waals surface area (Å²) >= 11 is 6.08. The van der Waals surface area contributed by atoms with E-state index in [0.29, 0.717) is 35.1 Å². The second-order valence-corrected chi connectivity index (χ2v) is 8.79. The van der Waals surface area contributed by atoms with Gasteiger partial charge in [0.25, 0.3) is 0 Å². The maximum Gasteiger partial charge on any atom is 0.249 e. The van der Waals surface area contributed by atoms with E-state index in [1.807, 2.05) is 0 Å². The van der Waals surface area contributed by atoms with Gasteiger partial charge in [-0.3, -0.25) is 4.79 Å². The van der Waals surface area contributed by atoms with Crippen molar-refractivity contribution >= 4 is 34.4 Å². The highest BCUT2D eigenvalue weighted by molar-refractivity contribution is 6.31. The number of nitrogens with one attached hydrogen (secondary N) is 3. The van der Waals surface area contributed by atoms with Crippen LogP contribution in [0, 0.1) is 5.82 Å². The molecule has 1 amide bonds. The van der Waals surface area contributed by atoms with E-state index in [2.05, 4.69) is 30.6 Å². The van der Waals surface area contributed by atoms with Crippen LogP contribution in [0.4, 0.5) is 10.2 Å². The largest absolute Gasteiger partial charge is 0.368 e. The summed E-state index contributed by atoms with van der Waals surface area (Å²) in [5.41, 5.74) is 1.35. The average Bonchev–Trinajstić information content (AvgIpc) is 3.46. The smallest absolute Gasteiger partial charge is 0.249 e. The van der Waals surface area contributed by atoms with Gasteiger partial charge < -0.3 is 20.4 Å². The summed E-state index contributed by atoms with van der Waals surface area (Å²) in [5, 5.41) is 7.58. The number of hydrogen-bond donors (Lipinski definition) is 3. The van der Waals surface area contributed by atoms with Crippen molar-refractivity contribution in [3.63, 3.8) is 0 Å². The lowest BCUT2D eigenvalue weighted by molar-refractivity contribution is -0.131. The van der Waals surface area contributed by atoms with Gasteiger partial charge in [0.05, 0.1) is 11.2 Å². The fourth-order valence-electron chi connectivity index (χ4n) is 4.48. The molecule has 1 unspecified atom stereocenters. The number of nitrogens with zero attached hydrogens (tertiary/aromatic N) is 3. The zero-order valence-electron chi connectivity index (χ0n) is 17.4. The number of H-pyrrole nitrogens is 1. The van der Waals surface area contributed by atoms with Gasteiger partial charge >= 0.3 is 0 Å². The number of carbonyl (C=O) groups is 1. The summed E-state index contributed by atoms with van der Waals surface area (Å²) in [5.74, 6) is -0.0378. The Labute approximate surface area is 189 Å². The van der Waals surface area contributed by atoms with Gasteiger partial charge in [0, 0.05) is 42.0 Å². The van der Waals surface area contributed by atoms with E-state index < -0.39 is 5.82 Å². The first-order chi connectivity index (χ1) is 15.6. The van der Waals surface area contributed by atoms with Crippen LogP contribution in [-0.4, -0.2) is 50.6 Å². The number of ether oxygens (including phenoxy) is 1. The van der Waals surface area contributed by atoms with E-state index in [1.54, 1.807) is 18.5 Å². The van der Waals surface area contributed by atoms with Gasteiger partial charge in [0.1, 0.15) is 11.8 Å². The predicted molar refractivity (Wildman–Crippen MR) is 119 cm³/mol. The lowest BCUT2D eigenvalue weighted by Crippen LogP contribution is -2.45. The first-order valence-electron chi connectivity index (χ1n) is 10.9. The second kappa shape index (κ2) is 8.99.